The van der Waals surface area contributed by atoms with Gasteiger partial charge >= 0.3 is 0 Å². The molecule has 1 aliphatic rings. The Kier molecular flexibility index (Phi) is 2.39. The highest BCUT2D eigenvalue weighted by Gasteiger charge is 2.21. The summed E-state index contributed by atoms with van der Waals surface area (Å²) >= 11 is 0. The van der Waals surface area contributed by atoms with Crippen molar-refractivity contribution in [1.29, 1.82) is 0 Å². The number of carbonyl (C=O) groups excluding carboxylic acids is 1. The molecule has 1 aromatic rings. The van der Waals surface area contributed by atoms with Crippen LogP contribution >= 0.6 is 0 Å². The lowest BCUT2D eigenvalue weighted by Crippen LogP contribution is -2.25. The number of nitrogen functional groups attached to an aromatic ring is 1. The van der Waals surface area contributed by atoms with Crippen molar-refractivity contribution in [3.05, 3.63) is 11.9 Å². The molecule has 0 unspecified atom stereocenters. The Labute approximate surface area is 82.1 Å². The van der Waals surface area contributed by atoms with Crippen LogP contribution in [0.4, 0.5) is 5.69 Å². The van der Waals surface area contributed by atoms with Crippen LogP contribution in [0.3, 0.4) is 0 Å². The first-order chi connectivity index (χ1) is 6.77. The molecule has 0 bridgehead atoms. The Hall–Kier alpha value is -1.52. The number of anilines is 1. The Morgan fingerprint density at radius 3 is 3.07 bits per heavy atom. The summed E-state index contributed by atoms with van der Waals surface area (Å²) in [7, 11) is 0. The molecule has 1 saturated carbocycles. The van der Waals surface area contributed by atoms with Gasteiger partial charge in [-0.05, 0) is 12.3 Å². The van der Waals surface area contributed by atoms with E-state index in [1.807, 2.05) is 0 Å². The highest BCUT2D eigenvalue weighted by Crippen LogP contribution is 2.31. The zero-order valence-electron chi connectivity index (χ0n) is 7.92. The van der Waals surface area contributed by atoms with Gasteiger partial charge in [0.2, 0.25) is 0 Å². The van der Waals surface area contributed by atoms with Crippen molar-refractivity contribution in [1.82, 2.24) is 15.5 Å². The lowest BCUT2D eigenvalue weighted by Gasteiger charge is -2.02. The third-order valence-electron chi connectivity index (χ3n) is 2.43. The Balaban J connectivity index is 1.79. The van der Waals surface area contributed by atoms with E-state index in [4.69, 9.17) is 5.73 Å². The number of amides is 1. The fourth-order valence-corrected chi connectivity index (χ4v) is 1.36. The average Bonchev–Trinajstić information content (AvgIpc) is 2.87. The molecule has 0 aliphatic heterocycles. The maximum Gasteiger partial charge on any atom is 0.271 e. The standard InChI is InChI=1S/C9H14N4O/c10-7-5-12-13-8(7)9(14)11-4-3-6-1-2-6/h5-6H,1-4,10H2,(H,11,14)(H,12,13). The van der Waals surface area contributed by atoms with Crippen molar-refractivity contribution in [2.24, 2.45) is 5.92 Å². The Bertz CT molecular complexity index is 329. The number of aromatic amines is 1. The normalized spacial score (nSPS) is 15.4. The van der Waals surface area contributed by atoms with Crippen LogP contribution in [0, 0.1) is 5.92 Å². The predicted octanol–water partition coefficient (Wildman–Crippen LogP) is 0.522. The van der Waals surface area contributed by atoms with Crippen LogP contribution in [0.25, 0.3) is 0 Å². The van der Waals surface area contributed by atoms with Crippen molar-refractivity contribution in [2.75, 3.05) is 12.3 Å². The number of carbonyl (C=O) groups is 1. The second kappa shape index (κ2) is 3.69. The summed E-state index contributed by atoms with van der Waals surface area (Å²) < 4.78 is 0. The van der Waals surface area contributed by atoms with Crippen molar-refractivity contribution in [3.63, 3.8) is 0 Å². The fourth-order valence-electron chi connectivity index (χ4n) is 1.36. The number of nitrogens with zero attached hydrogens (tertiary/aromatic N) is 1. The van der Waals surface area contributed by atoms with Gasteiger partial charge in [-0.1, -0.05) is 12.8 Å². The van der Waals surface area contributed by atoms with Gasteiger partial charge < -0.3 is 11.1 Å². The van der Waals surface area contributed by atoms with Crippen LogP contribution in [0.2, 0.25) is 0 Å². The summed E-state index contributed by atoms with van der Waals surface area (Å²) in [5.74, 6) is 0.662. The Morgan fingerprint density at radius 2 is 2.50 bits per heavy atom. The molecule has 14 heavy (non-hydrogen) atoms. The molecule has 0 spiro atoms. The maximum absolute atomic E-state index is 11.5. The van der Waals surface area contributed by atoms with E-state index < -0.39 is 0 Å². The van der Waals surface area contributed by atoms with Crippen molar-refractivity contribution < 1.29 is 4.79 Å². The van der Waals surface area contributed by atoms with E-state index >= 15 is 0 Å². The molecule has 1 amide bonds. The number of hydrogen-bond acceptors (Lipinski definition) is 3. The molecule has 0 radical (unpaired) electrons. The van der Waals surface area contributed by atoms with E-state index in [9.17, 15) is 4.79 Å². The van der Waals surface area contributed by atoms with Gasteiger partial charge in [0.25, 0.3) is 5.91 Å². The van der Waals surface area contributed by atoms with E-state index in [0.717, 1.165) is 18.9 Å². The highest BCUT2D eigenvalue weighted by molar-refractivity contribution is 5.96. The van der Waals surface area contributed by atoms with Crippen LogP contribution in [-0.2, 0) is 0 Å². The minimum atomic E-state index is -0.166. The largest absolute Gasteiger partial charge is 0.396 e. The molecule has 0 saturated heterocycles. The average molecular weight is 194 g/mol. The van der Waals surface area contributed by atoms with Gasteiger partial charge in [0.1, 0.15) is 5.69 Å². The van der Waals surface area contributed by atoms with Crippen molar-refractivity contribution in [3.8, 4) is 0 Å². The molecule has 0 atom stereocenters. The van der Waals surface area contributed by atoms with Gasteiger partial charge in [0, 0.05) is 6.54 Å². The molecule has 1 heterocycles. The van der Waals surface area contributed by atoms with Gasteiger partial charge in [-0.15, -0.1) is 0 Å². The molecule has 4 N–H and O–H groups in total. The van der Waals surface area contributed by atoms with E-state index in [1.165, 1.54) is 19.0 Å². The minimum absolute atomic E-state index is 0.166. The topological polar surface area (TPSA) is 83.8 Å². The molecular weight excluding hydrogens is 180 g/mol. The lowest BCUT2D eigenvalue weighted by atomic mass is 10.3. The monoisotopic (exact) mass is 194 g/mol. The van der Waals surface area contributed by atoms with Gasteiger partial charge in [-0.25, -0.2) is 0 Å². The van der Waals surface area contributed by atoms with Gasteiger partial charge in [0.15, 0.2) is 0 Å². The molecule has 0 aromatic carbocycles. The van der Waals surface area contributed by atoms with E-state index in [1.54, 1.807) is 0 Å². The van der Waals surface area contributed by atoms with Gasteiger partial charge in [0.05, 0.1) is 11.9 Å². The van der Waals surface area contributed by atoms with Gasteiger partial charge in [-0.3, -0.25) is 9.89 Å². The van der Waals surface area contributed by atoms with E-state index in [0.29, 0.717) is 11.4 Å². The molecule has 1 aromatic heterocycles. The fraction of sp³-hybridized carbons (Fsp3) is 0.556. The summed E-state index contributed by atoms with van der Waals surface area (Å²) in [6.07, 6.45) is 5.12. The number of nitrogens with one attached hydrogen (secondary N) is 2. The van der Waals surface area contributed by atoms with E-state index in [2.05, 4.69) is 15.5 Å². The first-order valence-corrected chi connectivity index (χ1v) is 4.84. The second-order valence-corrected chi connectivity index (χ2v) is 3.69. The molecule has 5 nitrogen and oxygen atoms in total. The highest BCUT2D eigenvalue weighted by atomic mass is 16.1. The zero-order chi connectivity index (χ0) is 9.97. The summed E-state index contributed by atoms with van der Waals surface area (Å²) in [6, 6.07) is 0. The van der Waals surface area contributed by atoms with Crippen LogP contribution < -0.4 is 11.1 Å². The number of rotatable bonds is 4. The van der Waals surface area contributed by atoms with E-state index in [-0.39, 0.29) is 5.91 Å². The summed E-state index contributed by atoms with van der Waals surface area (Å²) in [5.41, 5.74) is 6.29. The Morgan fingerprint density at radius 1 is 1.71 bits per heavy atom. The van der Waals surface area contributed by atoms with Crippen LogP contribution in [0.5, 0.6) is 0 Å². The lowest BCUT2D eigenvalue weighted by molar-refractivity contribution is 0.0948. The molecule has 1 fully saturated rings. The minimum Gasteiger partial charge on any atom is -0.396 e. The first kappa shape index (κ1) is 9.05. The molecule has 2 rings (SSSR count). The molecule has 5 heteroatoms. The predicted molar refractivity (Wildman–Crippen MR) is 52.7 cm³/mol. The third kappa shape index (κ3) is 2.04. The number of nitrogens with two attached hydrogens (primary N) is 1. The quantitative estimate of drug-likeness (QED) is 0.653. The van der Waals surface area contributed by atoms with Crippen molar-refractivity contribution in [2.45, 2.75) is 19.3 Å². The first-order valence-electron chi connectivity index (χ1n) is 4.84. The van der Waals surface area contributed by atoms with Crippen LogP contribution in [0.1, 0.15) is 29.8 Å². The third-order valence-corrected chi connectivity index (χ3v) is 2.43. The SMILES string of the molecule is Nc1cn[nH]c1C(=O)NCCC1CC1. The molecular formula is C9H14N4O. The summed E-state index contributed by atoms with van der Waals surface area (Å²) in [6.45, 7) is 0.724. The number of hydrogen-bond donors (Lipinski definition) is 3. The zero-order valence-corrected chi connectivity index (χ0v) is 7.92. The second-order valence-electron chi connectivity index (χ2n) is 3.69. The van der Waals surface area contributed by atoms with Gasteiger partial charge in [-0.2, -0.15) is 5.10 Å². The number of H-pyrrole nitrogens is 1. The summed E-state index contributed by atoms with van der Waals surface area (Å²) in [5, 5.41) is 9.07. The molecule has 76 valence electrons. The maximum atomic E-state index is 11.5. The van der Waals surface area contributed by atoms with Crippen molar-refractivity contribution >= 4 is 11.6 Å². The number of aromatic nitrogens is 2. The summed E-state index contributed by atoms with van der Waals surface area (Å²) in [4.78, 5) is 11.5. The molecule has 1 aliphatic carbocycles. The van der Waals surface area contributed by atoms with Crippen LogP contribution in [0.15, 0.2) is 6.20 Å². The smallest absolute Gasteiger partial charge is 0.271 e. The van der Waals surface area contributed by atoms with Crippen LogP contribution in [-0.4, -0.2) is 22.6 Å².